The summed E-state index contributed by atoms with van der Waals surface area (Å²) in [5, 5.41) is 2.45. The fraction of sp³-hybridized carbons (Fsp3) is 0.115. The predicted molar refractivity (Wildman–Crippen MR) is 228 cm³/mol. The maximum Gasteiger partial charge on any atom is 0.0544 e. The van der Waals surface area contributed by atoms with Crippen molar-refractivity contribution in [3.63, 3.8) is 0 Å². The molecule has 2 nitrogen and oxygen atoms in total. The Morgan fingerprint density at radius 1 is 0.389 bits per heavy atom. The van der Waals surface area contributed by atoms with E-state index in [-0.39, 0.29) is 10.8 Å². The van der Waals surface area contributed by atoms with E-state index < -0.39 is 0 Å². The molecule has 10 rings (SSSR count). The molecule has 54 heavy (non-hydrogen) atoms. The molecular weight excluding hydrogens is 653 g/mol. The lowest BCUT2D eigenvalue weighted by Gasteiger charge is -2.49. The largest absolute Gasteiger partial charge is 0.310 e. The van der Waals surface area contributed by atoms with E-state index in [1.807, 2.05) is 0 Å². The van der Waals surface area contributed by atoms with Crippen LogP contribution in [0.15, 0.2) is 182 Å². The summed E-state index contributed by atoms with van der Waals surface area (Å²) >= 11 is 0. The quantitative estimate of drug-likeness (QED) is 0.177. The van der Waals surface area contributed by atoms with Crippen LogP contribution in [0.2, 0.25) is 0 Å². The number of fused-ring (bicyclic) bond motifs is 5. The van der Waals surface area contributed by atoms with Crippen LogP contribution >= 0.6 is 0 Å². The number of anilines is 6. The van der Waals surface area contributed by atoms with E-state index in [1.54, 1.807) is 0 Å². The van der Waals surface area contributed by atoms with Crippen LogP contribution in [0.5, 0.6) is 0 Å². The van der Waals surface area contributed by atoms with Crippen LogP contribution in [-0.4, -0.2) is 0 Å². The van der Waals surface area contributed by atoms with Gasteiger partial charge >= 0.3 is 0 Å². The van der Waals surface area contributed by atoms with Crippen molar-refractivity contribution in [2.75, 3.05) is 9.80 Å². The van der Waals surface area contributed by atoms with Crippen LogP contribution in [-0.2, 0) is 10.8 Å². The van der Waals surface area contributed by atoms with Crippen LogP contribution < -0.4 is 9.80 Å². The molecule has 0 N–H and O–H groups in total. The van der Waals surface area contributed by atoms with Gasteiger partial charge in [-0.05, 0) is 104 Å². The first-order valence-corrected chi connectivity index (χ1v) is 19.0. The highest BCUT2D eigenvalue weighted by atomic mass is 15.2. The molecule has 2 heteroatoms. The molecule has 8 aromatic carbocycles. The molecule has 0 unspecified atom stereocenters. The van der Waals surface area contributed by atoms with E-state index in [0.717, 1.165) is 17.1 Å². The second-order valence-electron chi connectivity index (χ2n) is 15.8. The molecular formula is C52H42N2. The van der Waals surface area contributed by atoms with Gasteiger partial charge in [-0.15, -0.1) is 0 Å². The summed E-state index contributed by atoms with van der Waals surface area (Å²) < 4.78 is 0. The normalized spacial score (nSPS) is 14.6. The van der Waals surface area contributed by atoms with Crippen molar-refractivity contribution < 1.29 is 0 Å². The molecule has 0 aliphatic carbocycles. The molecule has 0 saturated heterocycles. The van der Waals surface area contributed by atoms with E-state index in [9.17, 15) is 0 Å². The third-order valence-electron chi connectivity index (χ3n) is 12.0. The van der Waals surface area contributed by atoms with Gasteiger partial charge in [0.25, 0.3) is 0 Å². The topological polar surface area (TPSA) is 6.48 Å². The standard InChI is InChI=1S/C52H42N2/c1-51(2)43-20-10-12-22-48(43)54-49-23-13-11-21-44(49)52(3,4)46-34-39(33-45(51)50(46)54)37-27-31-41(32-28-37)53(47-24-14-18-38-17-8-9-19-42(38)47)40-29-25-36(26-30-40)35-15-6-5-7-16-35/h5-34H,1-4H3. The van der Waals surface area contributed by atoms with Gasteiger partial charge in [-0.3, -0.25) is 0 Å². The predicted octanol–water partition coefficient (Wildman–Crippen LogP) is 14.4. The molecule has 0 amide bonds. The minimum absolute atomic E-state index is 0.174. The smallest absolute Gasteiger partial charge is 0.0544 e. The molecule has 260 valence electrons. The Labute approximate surface area is 318 Å². The van der Waals surface area contributed by atoms with Gasteiger partial charge in [-0.25, -0.2) is 0 Å². The molecule has 0 saturated carbocycles. The molecule has 2 heterocycles. The zero-order chi connectivity index (χ0) is 36.6. The van der Waals surface area contributed by atoms with Crippen LogP contribution in [0.1, 0.15) is 49.9 Å². The van der Waals surface area contributed by atoms with E-state index in [4.69, 9.17) is 0 Å². The van der Waals surface area contributed by atoms with Crippen molar-refractivity contribution in [2.45, 2.75) is 38.5 Å². The number of hydrogen-bond acceptors (Lipinski definition) is 2. The zero-order valence-corrected chi connectivity index (χ0v) is 31.2. The highest BCUT2D eigenvalue weighted by Crippen LogP contribution is 2.60. The Kier molecular flexibility index (Phi) is 7.22. The minimum Gasteiger partial charge on any atom is -0.310 e. The molecule has 0 bridgehead atoms. The lowest BCUT2D eigenvalue weighted by Crippen LogP contribution is -2.38. The summed E-state index contributed by atoms with van der Waals surface area (Å²) in [5.41, 5.74) is 17.3. The van der Waals surface area contributed by atoms with Gasteiger partial charge in [-0.2, -0.15) is 0 Å². The molecule has 2 aliphatic rings. The van der Waals surface area contributed by atoms with Gasteiger partial charge in [0.2, 0.25) is 0 Å². The first-order chi connectivity index (χ1) is 26.3. The van der Waals surface area contributed by atoms with Gasteiger partial charge in [0.15, 0.2) is 0 Å². The second kappa shape index (κ2) is 12.1. The van der Waals surface area contributed by atoms with Crippen molar-refractivity contribution in [3.8, 4) is 22.3 Å². The van der Waals surface area contributed by atoms with Gasteiger partial charge in [0.1, 0.15) is 0 Å². The van der Waals surface area contributed by atoms with Gasteiger partial charge < -0.3 is 9.80 Å². The highest BCUT2D eigenvalue weighted by Gasteiger charge is 2.45. The van der Waals surface area contributed by atoms with Crippen molar-refractivity contribution >= 4 is 44.9 Å². The van der Waals surface area contributed by atoms with E-state index >= 15 is 0 Å². The summed E-state index contributed by atoms with van der Waals surface area (Å²) in [5.74, 6) is 0. The lowest BCUT2D eigenvalue weighted by atomic mass is 9.65. The van der Waals surface area contributed by atoms with E-state index in [1.165, 1.54) is 72.3 Å². The fourth-order valence-electron chi connectivity index (χ4n) is 9.12. The average Bonchev–Trinajstić information content (AvgIpc) is 3.22. The fourth-order valence-corrected chi connectivity index (χ4v) is 9.12. The highest BCUT2D eigenvalue weighted by molar-refractivity contribution is 5.99. The Balaban J connectivity index is 1.12. The average molecular weight is 695 g/mol. The molecule has 0 fully saturated rings. The second-order valence-corrected chi connectivity index (χ2v) is 15.8. The summed E-state index contributed by atoms with van der Waals surface area (Å²) in [6.45, 7) is 9.57. The van der Waals surface area contributed by atoms with E-state index in [0.29, 0.717) is 0 Å². The van der Waals surface area contributed by atoms with Gasteiger partial charge in [-0.1, -0.05) is 155 Å². The minimum atomic E-state index is -0.174. The summed E-state index contributed by atoms with van der Waals surface area (Å²) in [6.07, 6.45) is 0. The first kappa shape index (κ1) is 32.3. The van der Waals surface area contributed by atoms with Crippen LogP contribution in [0.25, 0.3) is 33.0 Å². The Morgan fingerprint density at radius 2 is 0.852 bits per heavy atom. The maximum absolute atomic E-state index is 2.53. The Bertz CT molecular complexity index is 2620. The SMILES string of the molecule is CC1(C)c2ccccc2N2c3ccccc3C(C)(C)c3cc(-c4ccc(N(c5ccc(-c6ccccc6)cc5)c5cccc6ccccc56)cc4)cc1c32. The van der Waals surface area contributed by atoms with Crippen LogP contribution in [0, 0.1) is 0 Å². The van der Waals surface area contributed by atoms with Gasteiger partial charge in [0.05, 0.1) is 22.7 Å². The number of nitrogens with zero attached hydrogens (tertiary/aromatic N) is 2. The van der Waals surface area contributed by atoms with E-state index in [2.05, 4.69) is 219 Å². The Hall–Kier alpha value is -6.38. The summed E-state index contributed by atoms with van der Waals surface area (Å²) in [4.78, 5) is 4.93. The van der Waals surface area contributed by atoms with Crippen molar-refractivity contribution in [3.05, 3.63) is 204 Å². The lowest BCUT2D eigenvalue weighted by molar-refractivity contribution is 0.598. The van der Waals surface area contributed by atoms with Crippen molar-refractivity contribution in [2.24, 2.45) is 0 Å². The monoisotopic (exact) mass is 694 g/mol. The summed E-state index contributed by atoms with van der Waals surface area (Å²) in [6, 6.07) is 66.9. The van der Waals surface area contributed by atoms with Crippen molar-refractivity contribution in [1.82, 2.24) is 0 Å². The third-order valence-corrected chi connectivity index (χ3v) is 12.0. The number of benzene rings is 8. The zero-order valence-electron chi connectivity index (χ0n) is 31.2. The number of hydrogen-bond donors (Lipinski definition) is 0. The molecule has 8 aromatic rings. The molecule has 0 radical (unpaired) electrons. The number of rotatable bonds is 5. The summed E-state index contributed by atoms with van der Waals surface area (Å²) in [7, 11) is 0. The van der Waals surface area contributed by atoms with Gasteiger partial charge in [0, 0.05) is 27.6 Å². The number of para-hydroxylation sites is 2. The molecule has 2 aliphatic heterocycles. The molecule has 0 atom stereocenters. The van der Waals surface area contributed by atoms with Crippen LogP contribution in [0.4, 0.5) is 34.1 Å². The first-order valence-electron chi connectivity index (χ1n) is 19.0. The maximum atomic E-state index is 2.53. The molecule has 0 spiro atoms. The third kappa shape index (κ3) is 4.87. The van der Waals surface area contributed by atoms with Crippen molar-refractivity contribution in [1.29, 1.82) is 0 Å². The molecule has 0 aromatic heterocycles. The van der Waals surface area contributed by atoms with Crippen LogP contribution in [0.3, 0.4) is 0 Å². The Morgan fingerprint density at radius 3 is 1.44 bits per heavy atom.